The SMILES string of the molecule is CN1C(=O)C(F)=C[C@@]2(C)C1CC[C@@H]1[C@H]2CC[C@]2(C)C(C(=O)NCc3nc4ncccc4[nH]3)CC[C@@H]12. The molecular formula is C27H34FN5O2. The minimum atomic E-state index is -0.607. The van der Waals surface area contributed by atoms with Crippen molar-refractivity contribution in [2.24, 2.45) is 34.5 Å². The van der Waals surface area contributed by atoms with Crippen molar-refractivity contribution < 1.29 is 14.0 Å². The van der Waals surface area contributed by atoms with Gasteiger partial charge < -0.3 is 15.2 Å². The zero-order chi connectivity index (χ0) is 24.5. The van der Waals surface area contributed by atoms with E-state index in [-0.39, 0.29) is 28.7 Å². The zero-order valence-corrected chi connectivity index (χ0v) is 20.7. The maximum Gasteiger partial charge on any atom is 0.282 e. The van der Waals surface area contributed by atoms with Gasteiger partial charge in [0.1, 0.15) is 5.82 Å². The van der Waals surface area contributed by atoms with Crippen LogP contribution < -0.4 is 5.32 Å². The molecule has 3 aliphatic carbocycles. The van der Waals surface area contributed by atoms with Crippen molar-refractivity contribution in [1.82, 2.24) is 25.2 Å². The van der Waals surface area contributed by atoms with Crippen molar-refractivity contribution in [3.05, 3.63) is 36.1 Å². The summed E-state index contributed by atoms with van der Waals surface area (Å²) in [6.45, 7) is 4.82. The third-order valence-corrected chi connectivity index (χ3v) is 10.2. The van der Waals surface area contributed by atoms with Crippen molar-refractivity contribution in [3.8, 4) is 0 Å². The fourth-order valence-electron chi connectivity index (χ4n) is 8.53. The molecule has 2 aromatic rings. The molecule has 8 heteroatoms. The number of likely N-dealkylation sites (N-methyl/N-ethyl adjacent to an activating group) is 1. The number of nitrogens with zero attached hydrogens (tertiary/aromatic N) is 3. The normalized spacial score (nSPS) is 38.5. The van der Waals surface area contributed by atoms with Crippen LogP contribution in [0.5, 0.6) is 0 Å². The molecule has 186 valence electrons. The number of aromatic amines is 1. The third kappa shape index (κ3) is 3.28. The summed E-state index contributed by atoms with van der Waals surface area (Å²) >= 11 is 0. The summed E-state index contributed by atoms with van der Waals surface area (Å²) < 4.78 is 14.6. The number of imidazole rings is 1. The molecule has 35 heavy (non-hydrogen) atoms. The Morgan fingerprint density at radius 2 is 2.06 bits per heavy atom. The van der Waals surface area contributed by atoms with Gasteiger partial charge in [0.25, 0.3) is 5.91 Å². The number of aromatic nitrogens is 3. The lowest BCUT2D eigenvalue weighted by molar-refractivity contribution is -0.145. The van der Waals surface area contributed by atoms with Crippen LogP contribution in [0.1, 0.15) is 58.2 Å². The number of rotatable bonds is 3. The molecule has 6 rings (SSSR count). The highest BCUT2D eigenvalue weighted by Crippen LogP contribution is 2.65. The molecule has 2 amide bonds. The molecule has 1 aliphatic heterocycles. The van der Waals surface area contributed by atoms with E-state index in [1.807, 2.05) is 12.1 Å². The van der Waals surface area contributed by atoms with Gasteiger partial charge in [-0.15, -0.1) is 0 Å². The second-order valence-electron chi connectivity index (χ2n) is 11.7. The van der Waals surface area contributed by atoms with E-state index < -0.39 is 11.7 Å². The van der Waals surface area contributed by atoms with Gasteiger partial charge in [-0.3, -0.25) is 9.59 Å². The number of carbonyl (C=O) groups is 2. The van der Waals surface area contributed by atoms with Crippen molar-refractivity contribution in [2.75, 3.05) is 7.05 Å². The van der Waals surface area contributed by atoms with E-state index in [0.29, 0.717) is 35.8 Å². The lowest BCUT2D eigenvalue weighted by Gasteiger charge is -2.60. The highest BCUT2D eigenvalue weighted by molar-refractivity contribution is 5.92. The van der Waals surface area contributed by atoms with E-state index in [0.717, 1.165) is 44.0 Å². The molecule has 3 saturated carbocycles. The third-order valence-electron chi connectivity index (χ3n) is 10.2. The van der Waals surface area contributed by atoms with Gasteiger partial charge in [0.05, 0.1) is 12.1 Å². The number of hydrogen-bond donors (Lipinski definition) is 2. The maximum absolute atomic E-state index is 14.6. The molecule has 7 nitrogen and oxygen atoms in total. The maximum atomic E-state index is 14.6. The van der Waals surface area contributed by atoms with Crippen LogP contribution in [-0.2, 0) is 16.1 Å². The van der Waals surface area contributed by atoms with Crippen LogP contribution in [0.15, 0.2) is 30.2 Å². The van der Waals surface area contributed by atoms with Crippen molar-refractivity contribution in [3.63, 3.8) is 0 Å². The first-order chi connectivity index (χ1) is 16.7. The van der Waals surface area contributed by atoms with Gasteiger partial charge >= 0.3 is 0 Å². The van der Waals surface area contributed by atoms with Gasteiger partial charge in [-0.1, -0.05) is 13.8 Å². The van der Waals surface area contributed by atoms with E-state index >= 15 is 0 Å². The summed E-state index contributed by atoms with van der Waals surface area (Å²) in [5, 5.41) is 3.14. The van der Waals surface area contributed by atoms with Gasteiger partial charge in [0, 0.05) is 30.6 Å². The molecule has 0 saturated heterocycles. The summed E-state index contributed by atoms with van der Waals surface area (Å²) in [5.41, 5.74) is 1.13. The zero-order valence-electron chi connectivity index (χ0n) is 20.7. The average Bonchev–Trinajstić information content (AvgIpc) is 3.41. The molecule has 0 aromatic carbocycles. The first-order valence-electron chi connectivity index (χ1n) is 12.9. The van der Waals surface area contributed by atoms with Crippen molar-refractivity contribution >= 4 is 23.0 Å². The van der Waals surface area contributed by atoms with Gasteiger partial charge in [-0.05, 0) is 79.9 Å². The predicted octanol–water partition coefficient (Wildman–Crippen LogP) is 4.13. The Labute approximate surface area is 205 Å². The van der Waals surface area contributed by atoms with E-state index in [1.54, 1.807) is 24.2 Å². The predicted molar refractivity (Wildman–Crippen MR) is 129 cm³/mol. The molecule has 3 heterocycles. The Morgan fingerprint density at radius 1 is 1.23 bits per heavy atom. The Kier molecular flexibility index (Phi) is 5.10. The molecule has 2 unspecified atom stereocenters. The van der Waals surface area contributed by atoms with Gasteiger partial charge in [-0.25, -0.2) is 14.4 Å². The number of amides is 2. The molecule has 7 atom stereocenters. The molecular weight excluding hydrogens is 445 g/mol. The van der Waals surface area contributed by atoms with Crippen LogP contribution in [0, 0.1) is 34.5 Å². The largest absolute Gasteiger partial charge is 0.349 e. The molecule has 2 aromatic heterocycles. The molecule has 3 fully saturated rings. The van der Waals surface area contributed by atoms with Gasteiger partial charge in [-0.2, -0.15) is 0 Å². The van der Waals surface area contributed by atoms with Crippen molar-refractivity contribution in [1.29, 1.82) is 0 Å². The number of fused-ring (bicyclic) bond motifs is 6. The number of nitrogens with one attached hydrogen (secondary N) is 2. The summed E-state index contributed by atoms with van der Waals surface area (Å²) in [6, 6.07) is 3.84. The lowest BCUT2D eigenvalue weighted by atomic mass is 9.47. The molecule has 0 radical (unpaired) electrons. The number of hydrogen-bond acceptors (Lipinski definition) is 4. The fraction of sp³-hybridized carbons (Fsp3) is 0.630. The number of halogens is 1. The van der Waals surface area contributed by atoms with Crippen LogP contribution in [0.4, 0.5) is 4.39 Å². The summed E-state index contributed by atoms with van der Waals surface area (Å²) in [6.07, 6.45) is 9.14. The first kappa shape index (κ1) is 22.7. The highest BCUT2D eigenvalue weighted by atomic mass is 19.1. The Hall–Kier alpha value is -2.77. The van der Waals surface area contributed by atoms with Crippen LogP contribution >= 0.6 is 0 Å². The molecule has 4 aliphatic rings. The Balaban J connectivity index is 1.19. The van der Waals surface area contributed by atoms with Gasteiger partial charge in [0.15, 0.2) is 11.5 Å². The van der Waals surface area contributed by atoms with E-state index in [4.69, 9.17) is 0 Å². The van der Waals surface area contributed by atoms with Crippen molar-refractivity contribution in [2.45, 2.75) is 65.0 Å². The van der Waals surface area contributed by atoms with Crippen LogP contribution in [0.3, 0.4) is 0 Å². The molecule has 0 spiro atoms. The number of pyridine rings is 1. The van der Waals surface area contributed by atoms with E-state index in [2.05, 4.69) is 34.1 Å². The monoisotopic (exact) mass is 479 g/mol. The van der Waals surface area contributed by atoms with E-state index in [1.165, 1.54) is 0 Å². The average molecular weight is 480 g/mol. The quantitative estimate of drug-likeness (QED) is 0.693. The van der Waals surface area contributed by atoms with Crippen LogP contribution in [0.2, 0.25) is 0 Å². The number of carbonyl (C=O) groups excluding carboxylic acids is 2. The minimum Gasteiger partial charge on any atom is -0.349 e. The Morgan fingerprint density at radius 3 is 2.86 bits per heavy atom. The molecule has 2 N–H and O–H groups in total. The summed E-state index contributed by atoms with van der Waals surface area (Å²) in [4.78, 5) is 39.3. The van der Waals surface area contributed by atoms with E-state index in [9.17, 15) is 14.0 Å². The molecule has 0 bridgehead atoms. The van der Waals surface area contributed by atoms with Gasteiger partial charge in [0.2, 0.25) is 5.91 Å². The second-order valence-corrected chi connectivity index (χ2v) is 11.7. The minimum absolute atomic E-state index is 0.0237. The standard InChI is InChI=1S/C27H34FN5O2/c1-26-11-10-17-15(6-9-21-27(17,2)13-19(28)25(35)33(21)3)16(26)7-8-18(26)24(34)30-14-22-31-20-5-4-12-29-23(20)32-22/h4-5,12-13,15-18,21H,6-11,14H2,1-3H3,(H,30,34)(H,29,31,32)/t15-,16-,17+,18?,21?,26-,27+/m0/s1. The topological polar surface area (TPSA) is 91.0 Å². The highest BCUT2D eigenvalue weighted by Gasteiger charge is 2.62. The fourth-order valence-corrected chi connectivity index (χ4v) is 8.53. The summed E-state index contributed by atoms with van der Waals surface area (Å²) in [5.74, 6) is 0.954. The first-order valence-corrected chi connectivity index (χ1v) is 12.9. The number of H-pyrrole nitrogens is 1. The van der Waals surface area contributed by atoms with Crippen LogP contribution in [0.25, 0.3) is 11.2 Å². The second kappa shape index (κ2) is 7.87. The smallest absolute Gasteiger partial charge is 0.282 e. The van der Waals surface area contributed by atoms with Crippen LogP contribution in [-0.4, -0.2) is 44.8 Å². The lowest BCUT2D eigenvalue weighted by Crippen LogP contribution is -2.60. The summed E-state index contributed by atoms with van der Waals surface area (Å²) in [7, 11) is 1.75. The Bertz CT molecular complexity index is 1190.